The monoisotopic (exact) mass is 419 g/mol. The number of hydrogen-bond donors (Lipinski definition) is 2. The molecule has 0 aliphatic carbocycles. The van der Waals surface area contributed by atoms with Crippen LogP contribution >= 0.6 is 11.6 Å². The van der Waals surface area contributed by atoms with Crippen LogP contribution in [0.15, 0.2) is 18.2 Å². The van der Waals surface area contributed by atoms with Crippen LogP contribution in [0, 0.1) is 0 Å². The number of halogens is 4. The van der Waals surface area contributed by atoms with Gasteiger partial charge in [-0.15, -0.1) is 0 Å². The third-order valence-corrected chi connectivity index (χ3v) is 4.23. The first kappa shape index (κ1) is 21.9. The molecule has 2 N–H and O–H groups in total. The van der Waals surface area contributed by atoms with E-state index >= 15 is 0 Å². The second-order valence-electron chi connectivity index (χ2n) is 6.42. The highest BCUT2D eigenvalue weighted by molar-refractivity contribution is 6.35. The van der Waals surface area contributed by atoms with E-state index in [1.807, 2.05) is 0 Å². The maximum Gasteiger partial charge on any atom is 0.408 e. The average Bonchev–Trinajstić information content (AvgIpc) is 2.90. The van der Waals surface area contributed by atoms with E-state index in [1.54, 1.807) is 20.8 Å². The molecule has 1 aromatic heterocycles. The molecule has 1 atom stereocenters. The molecule has 10 heteroatoms. The zero-order valence-electron chi connectivity index (χ0n) is 15.8. The Morgan fingerprint density at radius 2 is 2.00 bits per heavy atom. The highest BCUT2D eigenvalue weighted by Gasteiger charge is 2.36. The molecule has 0 amide bonds. The van der Waals surface area contributed by atoms with Gasteiger partial charge < -0.3 is 15.2 Å². The first-order valence-electron chi connectivity index (χ1n) is 8.59. The van der Waals surface area contributed by atoms with Gasteiger partial charge in [0, 0.05) is 23.9 Å². The van der Waals surface area contributed by atoms with Gasteiger partial charge in [-0.05, 0) is 39.8 Å². The lowest BCUT2D eigenvalue weighted by molar-refractivity contribution is -0.138. The maximum absolute atomic E-state index is 12.8. The van der Waals surface area contributed by atoms with Crippen LogP contribution in [0.2, 0.25) is 5.02 Å². The quantitative estimate of drug-likeness (QED) is 0.655. The Morgan fingerprint density at radius 1 is 1.36 bits per heavy atom. The molecule has 0 unspecified atom stereocenters. The predicted octanol–water partition coefficient (Wildman–Crippen LogP) is 5.07. The van der Waals surface area contributed by atoms with E-state index in [1.165, 1.54) is 22.9 Å². The Kier molecular flexibility index (Phi) is 6.48. The van der Waals surface area contributed by atoms with Gasteiger partial charge in [0.1, 0.15) is 16.8 Å². The standard InChI is InChI=1S/C18H21ClF3N3O3/c1-5-25-16(14(19)15(24-25)17(26)27)12-7-6-11(8-13(12)28-9(2)3)23-10(4)18(20,21)22/h6-10,23H,5H2,1-4H3,(H,26,27)/t10-/m1/s1. The molecule has 0 aliphatic rings. The van der Waals surface area contributed by atoms with Crippen LogP contribution in [-0.2, 0) is 6.54 Å². The zero-order chi connectivity index (χ0) is 21.2. The molecule has 0 saturated heterocycles. The summed E-state index contributed by atoms with van der Waals surface area (Å²) in [6.45, 7) is 6.66. The van der Waals surface area contributed by atoms with Crippen LogP contribution in [-0.4, -0.2) is 39.2 Å². The minimum absolute atomic E-state index is 0.0627. The van der Waals surface area contributed by atoms with Crippen LogP contribution in [0.1, 0.15) is 38.2 Å². The summed E-state index contributed by atoms with van der Waals surface area (Å²) in [6, 6.07) is 2.66. The van der Waals surface area contributed by atoms with E-state index in [9.17, 15) is 23.1 Å². The maximum atomic E-state index is 12.8. The number of anilines is 1. The van der Waals surface area contributed by atoms with Crippen LogP contribution in [0.4, 0.5) is 18.9 Å². The largest absolute Gasteiger partial charge is 0.490 e. The minimum atomic E-state index is -4.40. The summed E-state index contributed by atoms with van der Waals surface area (Å²) in [5.74, 6) is -1.01. The number of ether oxygens (including phenoxy) is 1. The molecule has 1 heterocycles. The van der Waals surface area contributed by atoms with E-state index in [4.69, 9.17) is 16.3 Å². The fraction of sp³-hybridized carbons (Fsp3) is 0.444. The van der Waals surface area contributed by atoms with Crippen molar-refractivity contribution in [2.24, 2.45) is 0 Å². The number of carboxylic acids is 1. The molecule has 0 aliphatic heterocycles. The van der Waals surface area contributed by atoms with Crippen molar-refractivity contribution in [3.63, 3.8) is 0 Å². The van der Waals surface area contributed by atoms with E-state index in [0.717, 1.165) is 6.92 Å². The lowest BCUT2D eigenvalue weighted by Gasteiger charge is -2.21. The third kappa shape index (κ3) is 4.70. The number of alkyl halides is 3. The van der Waals surface area contributed by atoms with Crippen molar-refractivity contribution >= 4 is 23.3 Å². The van der Waals surface area contributed by atoms with Crippen molar-refractivity contribution in [3.05, 3.63) is 28.9 Å². The van der Waals surface area contributed by atoms with Gasteiger partial charge in [0.2, 0.25) is 0 Å². The SMILES string of the molecule is CCn1nc(C(=O)O)c(Cl)c1-c1ccc(N[C@H](C)C(F)(F)F)cc1OC(C)C. The van der Waals surface area contributed by atoms with E-state index in [-0.39, 0.29) is 28.3 Å². The van der Waals surface area contributed by atoms with Crippen molar-refractivity contribution in [2.75, 3.05) is 5.32 Å². The van der Waals surface area contributed by atoms with Crippen LogP contribution in [0.3, 0.4) is 0 Å². The molecular weight excluding hydrogens is 399 g/mol. The average molecular weight is 420 g/mol. The predicted molar refractivity (Wildman–Crippen MR) is 100 cm³/mol. The summed E-state index contributed by atoms with van der Waals surface area (Å²) in [5.41, 5.74) is 0.668. The number of hydrogen-bond acceptors (Lipinski definition) is 4. The number of aryl methyl sites for hydroxylation is 1. The van der Waals surface area contributed by atoms with Crippen LogP contribution < -0.4 is 10.1 Å². The lowest BCUT2D eigenvalue weighted by atomic mass is 10.1. The Balaban J connectivity index is 2.57. The summed E-state index contributed by atoms with van der Waals surface area (Å²) in [4.78, 5) is 11.4. The molecule has 0 saturated carbocycles. The number of rotatable bonds is 7. The molecular formula is C18H21ClF3N3O3. The summed E-state index contributed by atoms with van der Waals surface area (Å²) >= 11 is 6.25. The number of aromatic carboxylic acids is 1. The molecule has 0 bridgehead atoms. The van der Waals surface area contributed by atoms with Crippen LogP contribution in [0.25, 0.3) is 11.3 Å². The summed E-state index contributed by atoms with van der Waals surface area (Å²) in [7, 11) is 0. The van der Waals surface area contributed by atoms with Gasteiger partial charge in [-0.3, -0.25) is 4.68 Å². The van der Waals surface area contributed by atoms with Gasteiger partial charge in [0.25, 0.3) is 0 Å². The molecule has 28 heavy (non-hydrogen) atoms. The van der Waals surface area contributed by atoms with Gasteiger partial charge in [-0.1, -0.05) is 11.6 Å². The van der Waals surface area contributed by atoms with Crippen molar-refractivity contribution in [2.45, 2.75) is 52.6 Å². The topological polar surface area (TPSA) is 76.4 Å². The van der Waals surface area contributed by atoms with Crippen molar-refractivity contribution in [3.8, 4) is 17.0 Å². The molecule has 0 spiro atoms. The second-order valence-corrected chi connectivity index (χ2v) is 6.80. The molecule has 6 nitrogen and oxygen atoms in total. The van der Waals surface area contributed by atoms with Gasteiger partial charge in [-0.25, -0.2) is 4.79 Å². The fourth-order valence-corrected chi connectivity index (χ4v) is 2.87. The van der Waals surface area contributed by atoms with E-state index in [2.05, 4.69) is 10.4 Å². The number of aromatic nitrogens is 2. The molecule has 0 fully saturated rings. The van der Waals surface area contributed by atoms with Crippen molar-refractivity contribution in [1.29, 1.82) is 0 Å². The summed E-state index contributed by atoms with van der Waals surface area (Å²) in [6.07, 6.45) is -4.68. The molecule has 2 rings (SSSR count). The summed E-state index contributed by atoms with van der Waals surface area (Å²) in [5, 5.41) is 15.6. The summed E-state index contributed by atoms with van der Waals surface area (Å²) < 4.78 is 45.7. The van der Waals surface area contributed by atoms with Crippen molar-refractivity contribution in [1.82, 2.24) is 9.78 Å². The number of nitrogens with one attached hydrogen (secondary N) is 1. The molecule has 1 aromatic carbocycles. The smallest absolute Gasteiger partial charge is 0.408 e. The molecule has 2 aromatic rings. The first-order chi connectivity index (χ1) is 13.0. The van der Waals surface area contributed by atoms with Gasteiger partial charge in [-0.2, -0.15) is 18.3 Å². The lowest BCUT2D eigenvalue weighted by Crippen LogP contribution is -2.33. The van der Waals surface area contributed by atoms with Crippen molar-refractivity contribution < 1.29 is 27.8 Å². The second kappa shape index (κ2) is 8.30. The highest BCUT2D eigenvalue weighted by atomic mass is 35.5. The van der Waals surface area contributed by atoms with Gasteiger partial charge in [0.15, 0.2) is 5.69 Å². The Morgan fingerprint density at radius 3 is 2.50 bits per heavy atom. The highest BCUT2D eigenvalue weighted by Crippen LogP contribution is 2.39. The number of carbonyl (C=O) groups is 1. The van der Waals surface area contributed by atoms with Crippen LogP contribution in [0.5, 0.6) is 5.75 Å². The third-order valence-electron chi connectivity index (χ3n) is 3.87. The van der Waals surface area contributed by atoms with Gasteiger partial charge >= 0.3 is 12.1 Å². The fourth-order valence-electron chi connectivity index (χ4n) is 2.55. The zero-order valence-corrected chi connectivity index (χ0v) is 16.5. The number of nitrogens with zero attached hydrogens (tertiary/aromatic N) is 2. The molecule has 154 valence electrons. The number of benzene rings is 1. The molecule has 0 radical (unpaired) electrons. The Bertz CT molecular complexity index is 866. The first-order valence-corrected chi connectivity index (χ1v) is 8.97. The Hall–Kier alpha value is -2.42. The normalized spacial score (nSPS) is 12.9. The van der Waals surface area contributed by atoms with E-state index in [0.29, 0.717) is 17.8 Å². The number of carboxylic acid groups (broad SMARTS) is 1. The van der Waals surface area contributed by atoms with E-state index < -0.39 is 18.2 Å². The van der Waals surface area contributed by atoms with Gasteiger partial charge in [0.05, 0.1) is 11.8 Å². The Labute approximate surface area is 165 Å². The minimum Gasteiger partial charge on any atom is -0.490 e.